The van der Waals surface area contributed by atoms with E-state index in [1.54, 1.807) is 0 Å². The Bertz CT molecular complexity index is 1290. The summed E-state index contributed by atoms with van der Waals surface area (Å²) in [6.07, 6.45) is 12.7. The van der Waals surface area contributed by atoms with Gasteiger partial charge in [-0.2, -0.15) is 0 Å². The SMILES string of the molecule is OCc1ccc(C[n+]2ccn(Cc3ccccc3Cn3cc[n+](Cc4ccc(CO)cc4)c3)c2)cc1. The second kappa shape index (κ2) is 11.2. The monoisotopic (exact) mass is 480 g/mol. The van der Waals surface area contributed by atoms with Crippen LogP contribution in [0.25, 0.3) is 0 Å². The van der Waals surface area contributed by atoms with Crippen LogP contribution in [0, 0.1) is 0 Å². The molecule has 2 N–H and O–H groups in total. The lowest BCUT2D eigenvalue weighted by Gasteiger charge is -2.06. The first kappa shape index (κ1) is 23.7. The van der Waals surface area contributed by atoms with Crippen LogP contribution in [0.15, 0.2) is 110 Å². The Morgan fingerprint density at radius 1 is 0.528 bits per heavy atom. The molecule has 6 heteroatoms. The molecule has 2 aromatic heterocycles. The molecule has 5 aromatic rings. The molecule has 6 nitrogen and oxygen atoms in total. The maximum Gasteiger partial charge on any atom is 0.244 e. The van der Waals surface area contributed by atoms with Gasteiger partial charge in [-0.25, -0.2) is 18.3 Å². The van der Waals surface area contributed by atoms with Crippen LogP contribution in [0.4, 0.5) is 0 Å². The zero-order valence-corrected chi connectivity index (χ0v) is 20.3. The van der Waals surface area contributed by atoms with E-state index in [4.69, 9.17) is 0 Å². The molecule has 0 saturated heterocycles. The van der Waals surface area contributed by atoms with Gasteiger partial charge < -0.3 is 10.2 Å². The predicted molar refractivity (Wildman–Crippen MR) is 137 cm³/mol. The lowest BCUT2D eigenvalue weighted by Crippen LogP contribution is -2.31. The Morgan fingerprint density at radius 2 is 0.917 bits per heavy atom. The van der Waals surface area contributed by atoms with Gasteiger partial charge in [-0.1, -0.05) is 72.8 Å². The lowest BCUT2D eigenvalue weighted by atomic mass is 10.1. The molecule has 0 atom stereocenters. The summed E-state index contributed by atoms with van der Waals surface area (Å²) in [7, 11) is 0. The van der Waals surface area contributed by atoms with Crippen molar-refractivity contribution in [2.75, 3.05) is 0 Å². The first-order chi connectivity index (χ1) is 17.7. The average Bonchev–Trinajstić information content (AvgIpc) is 3.55. The van der Waals surface area contributed by atoms with Gasteiger partial charge in [0, 0.05) is 11.1 Å². The highest BCUT2D eigenvalue weighted by Crippen LogP contribution is 2.13. The largest absolute Gasteiger partial charge is 0.392 e. The summed E-state index contributed by atoms with van der Waals surface area (Å²) in [6.45, 7) is 3.37. The minimum Gasteiger partial charge on any atom is -0.392 e. The first-order valence-electron chi connectivity index (χ1n) is 12.2. The number of hydrogen-bond donors (Lipinski definition) is 2. The van der Waals surface area contributed by atoms with Gasteiger partial charge in [0.25, 0.3) is 0 Å². The van der Waals surface area contributed by atoms with Crippen molar-refractivity contribution >= 4 is 0 Å². The molecule has 182 valence electrons. The minimum absolute atomic E-state index is 0.0748. The molecule has 2 heterocycles. The number of aliphatic hydroxyl groups is 2. The van der Waals surface area contributed by atoms with Gasteiger partial charge in [-0.3, -0.25) is 0 Å². The van der Waals surface area contributed by atoms with Crippen molar-refractivity contribution in [3.63, 3.8) is 0 Å². The second-order valence-electron chi connectivity index (χ2n) is 9.23. The standard InChI is InChI=1S/C30H32N4O2/c35-21-27-9-5-25(6-10-27)17-31-13-15-33(23-31)19-29-3-1-2-4-30(29)20-34-16-14-32(24-34)18-26-7-11-28(22-36)12-8-26/h1-16,23-24,35-36H,17-22H2/q+2. The van der Waals surface area contributed by atoms with Crippen LogP contribution < -0.4 is 9.13 Å². The van der Waals surface area contributed by atoms with E-state index >= 15 is 0 Å². The molecule has 0 aliphatic rings. The van der Waals surface area contributed by atoms with E-state index in [0.29, 0.717) is 0 Å². The summed E-state index contributed by atoms with van der Waals surface area (Å²) >= 11 is 0. The third-order valence-corrected chi connectivity index (χ3v) is 6.46. The zero-order valence-electron chi connectivity index (χ0n) is 20.3. The van der Waals surface area contributed by atoms with Gasteiger partial charge in [-0.05, 0) is 22.3 Å². The highest BCUT2D eigenvalue weighted by Gasteiger charge is 2.12. The first-order valence-corrected chi connectivity index (χ1v) is 12.2. The van der Waals surface area contributed by atoms with Crippen molar-refractivity contribution < 1.29 is 19.3 Å². The zero-order chi connectivity index (χ0) is 24.7. The third kappa shape index (κ3) is 5.97. The van der Waals surface area contributed by atoms with Crippen molar-refractivity contribution in [2.45, 2.75) is 39.4 Å². The lowest BCUT2D eigenvalue weighted by molar-refractivity contribution is -0.688. The molecule has 3 aromatic carbocycles. The van der Waals surface area contributed by atoms with E-state index in [2.05, 4.69) is 104 Å². The normalized spacial score (nSPS) is 11.2. The van der Waals surface area contributed by atoms with Crippen LogP contribution in [0.5, 0.6) is 0 Å². The summed E-state index contributed by atoms with van der Waals surface area (Å²) < 4.78 is 8.79. The summed E-state index contributed by atoms with van der Waals surface area (Å²) in [5.41, 5.74) is 6.88. The van der Waals surface area contributed by atoms with Crippen molar-refractivity contribution in [1.82, 2.24) is 9.13 Å². The fourth-order valence-electron chi connectivity index (χ4n) is 4.43. The molecule has 0 unspecified atom stereocenters. The number of hydrogen-bond acceptors (Lipinski definition) is 2. The van der Waals surface area contributed by atoms with Gasteiger partial charge in [0.05, 0.1) is 13.2 Å². The average molecular weight is 481 g/mol. The topological polar surface area (TPSA) is 58.1 Å². The van der Waals surface area contributed by atoms with Gasteiger partial charge in [-0.15, -0.1) is 0 Å². The molecular formula is C30H32N4O2+2. The maximum atomic E-state index is 9.24. The van der Waals surface area contributed by atoms with Crippen molar-refractivity contribution in [3.8, 4) is 0 Å². The predicted octanol–water partition coefficient (Wildman–Crippen LogP) is 3.04. The van der Waals surface area contributed by atoms with E-state index in [9.17, 15) is 10.2 Å². The van der Waals surface area contributed by atoms with E-state index in [-0.39, 0.29) is 13.2 Å². The highest BCUT2D eigenvalue weighted by molar-refractivity contribution is 5.28. The quantitative estimate of drug-likeness (QED) is 0.302. The Balaban J connectivity index is 1.23. The summed E-state index contributed by atoms with van der Waals surface area (Å²) in [5.74, 6) is 0. The Labute approximate surface area is 211 Å². The molecule has 0 aliphatic heterocycles. The number of aromatic nitrogens is 4. The van der Waals surface area contributed by atoms with Crippen LogP contribution >= 0.6 is 0 Å². The molecule has 0 bridgehead atoms. The van der Waals surface area contributed by atoms with Crippen LogP contribution in [-0.2, 0) is 39.4 Å². The molecule has 0 amide bonds. The van der Waals surface area contributed by atoms with Crippen LogP contribution in [0.2, 0.25) is 0 Å². The Kier molecular flexibility index (Phi) is 7.36. The van der Waals surface area contributed by atoms with Crippen LogP contribution in [0.3, 0.4) is 0 Å². The third-order valence-electron chi connectivity index (χ3n) is 6.46. The molecule has 0 aliphatic carbocycles. The van der Waals surface area contributed by atoms with Crippen LogP contribution in [0.1, 0.15) is 33.4 Å². The fraction of sp³-hybridized carbons (Fsp3) is 0.200. The number of aliphatic hydroxyl groups excluding tert-OH is 2. The minimum atomic E-state index is 0.0748. The Hall–Kier alpha value is -4.00. The van der Waals surface area contributed by atoms with Gasteiger partial charge in [0.2, 0.25) is 12.7 Å². The molecule has 5 rings (SSSR count). The molecule has 0 radical (unpaired) electrons. The summed E-state index contributed by atoms with van der Waals surface area (Å²) in [6, 6.07) is 24.8. The van der Waals surface area contributed by atoms with Crippen molar-refractivity contribution in [2.24, 2.45) is 0 Å². The number of nitrogens with zero attached hydrogens (tertiary/aromatic N) is 4. The van der Waals surface area contributed by atoms with E-state index in [0.717, 1.165) is 37.3 Å². The second-order valence-corrected chi connectivity index (χ2v) is 9.23. The molecule has 0 fully saturated rings. The van der Waals surface area contributed by atoms with Gasteiger partial charge in [0.15, 0.2) is 0 Å². The van der Waals surface area contributed by atoms with Crippen molar-refractivity contribution in [1.29, 1.82) is 0 Å². The smallest absolute Gasteiger partial charge is 0.244 e. The van der Waals surface area contributed by atoms with Crippen molar-refractivity contribution in [3.05, 3.63) is 144 Å². The number of benzene rings is 3. The molecular weight excluding hydrogens is 448 g/mol. The summed E-state index contributed by atoms with van der Waals surface area (Å²) in [4.78, 5) is 0. The number of rotatable bonds is 10. The van der Waals surface area contributed by atoms with Crippen LogP contribution in [-0.4, -0.2) is 19.3 Å². The number of imidazole rings is 2. The maximum absolute atomic E-state index is 9.24. The van der Waals surface area contributed by atoms with Gasteiger partial charge in [0.1, 0.15) is 51.0 Å². The van der Waals surface area contributed by atoms with E-state index in [1.165, 1.54) is 22.3 Å². The van der Waals surface area contributed by atoms with Gasteiger partial charge >= 0.3 is 0 Å². The van der Waals surface area contributed by atoms with E-state index in [1.807, 2.05) is 24.3 Å². The summed E-state index contributed by atoms with van der Waals surface area (Å²) in [5, 5.41) is 18.5. The molecule has 36 heavy (non-hydrogen) atoms. The van der Waals surface area contributed by atoms with E-state index < -0.39 is 0 Å². The highest BCUT2D eigenvalue weighted by atomic mass is 16.3. The Morgan fingerprint density at radius 3 is 1.31 bits per heavy atom. The fourth-order valence-corrected chi connectivity index (χ4v) is 4.43. The molecule has 0 saturated carbocycles. The molecule has 0 spiro atoms.